The van der Waals surface area contributed by atoms with Crippen LogP contribution in [0.2, 0.25) is 0 Å². The number of carbonyl (C=O) groups excluding carboxylic acids is 1. The summed E-state index contributed by atoms with van der Waals surface area (Å²) >= 11 is 0. The van der Waals surface area contributed by atoms with Crippen LogP contribution in [0.1, 0.15) is 27.2 Å². The average molecular weight is 282 g/mol. The van der Waals surface area contributed by atoms with Crippen molar-refractivity contribution < 1.29 is 24.5 Å². The molecule has 1 unspecified atom stereocenters. The van der Waals surface area contributed by atoms with Crippen molar-refractivity contribution in [2.45, 2.75) is 38.9 Å². The lowest BCUT2D eigenvalue weighted by atomic mass is 10.0. The van der Waals surface area contributed by atoms with Crippen LogP contribution in [0.4, 0.5) is 0 Å². The summed E-state index contributed by atoms with van der Waals surface area (Å²) < 4.78 is 10.7. The van der Waals surface area contributed by atoms with E-state index in [-0.39, 0.29) is 24.9 Å². The number of carbonyl (C=O) groups is 1. The summed E-state index contributed by atoms with van der Waals surface area (Å²) in [6.45, 7) is 5.13. The van der Waals surface area contributed by atoms with Gasteiger partial charge in [0.15, 0.2) is 17.6 Å². The quantitative estimate of drug-likeness (QED) is 0.879. The monoisotopic (exact) mass is 282 g/mol. The van der Waals surface area contributed by atoms with Gasteiger partial charge in [-0.15, -0.1) is 0 Å². The summed E-state index contributed by atoms with van der Waals surface area (Å²) in [4.78, 5) is 10.3. The van der Waals surface area contributed by atoms with Crippen molar-refractivity contribution in [1.29, 1.82) is 0 Å². The first kappa shape index (κ1) is 16.5. The molecule has 112 valence electrons. The predicted molar refractivity (Wildman–Crippen MR) is 75.0 cm³/mol. The van der Waals surface area contributed by atoms with Crippen LogP contribution >= 0.6 is 0 Å². The zero-order valence-corrected chi connectivity index (χ0v) is 12.1. The third-order valence-electron chi connectivity index (χ3n) is 2.45. The number of hydrogen-bond acceptors (Lipinski definition) is 5. The van der Waals surface area contributed by atoms with Crippen LogP contribution in [0, 0.1) is 0 Å². The molecule has 0 saturated heterocycles. The standard InChI is InChI=1S/C9H10O3.C6H12O2/c10-5-7-6-11-8-3-1-2-4-9(8)12-7;1-5(7)4-6(2,3)8/h1-4,7,10H,5-6H2;8H,4H2,1-3H3. The zero-order valence-electron chi connectivity index (χ0n) is 12.1. The number of hydrogen-bond donors (Lipinski definition) is 2. The van der Waals surface area contributed by atoms with Gasteiger partial charge in [-0.2, -0.15) is 0 Å². The first-order chi connectivity index (χ1) is 9.31. The number of para-hydroxylation sites is 2. The first-order valence-electron chi connectivity index (χ1n) is 6.53. The highest BCUT2D eigenvalue weighted by Crippen LogP contribution is 2.30. The van der Waals surface area contributed by atoms with Crippen LogP contribution in [-0.4, -0.2) is 40.9 Å². The molecular formula is C15H22O5. The second kappa shape index (κ2) is 7.26. The molecule has 1 aromatic carbocycles. The minimum Gasteiger partial charge on any atom is -0.486 e. The number of rotatable bonds is 3. The Bertz CT molecular complexity index is 436. The molecule has 0 spiro atoms. The maximum absolute atomic E-state index is 10.3. The predicted octanol–water partition coefficient (Wildman–Crippen LogP) is 1.56. The van der Waals surface area contributed by atoms with Gasteiger partial charge in [-0.05, 0) is 32.9 Å². The van der Waals surface area contributed by atoms with Gasteiger partial charge in [0.25, 0.3) is 0 Å². The Morgan fingerprint density at radius 1 is 1.35 bits per heavy atom. The minimum absolute atomic E-state index is 0.00562. The first-order valence-corrected chi connectivity index (χ1v) is 6.53. The van der Waals surface area contributed by atoms with Crippen molar-refractivity contribution in [3.63, 3.8) is 0 Å². The smallest absolute Gasteiger partial charge is 0.161 e. The van der Waals surface area contributed by atoms with Gasteiger partial charge < -0.3 is 19.7 Å². The van der Waals surface area contributed by atoms with E-state index in [1.807, 2.05) is 24.3 Å². The van der Waals surface area contributed by atoms with E-state index < -0.39 is 5.60 Å². The van der Waals surface area contributed by atoms with Crippen LogP contribution in [0.25, 0.3) is 0 Å². The number of ether oxygens (including phenoxy) is 2. The second-order valence-electron chi connectivity index (χ2n) is 5.37. The maximum Gasteiger partial charge on any atom is 0.161 e. The van der Waals surface area contributed by atoms with Gasteiger partial charge in [-0.1, -0.05) is 12.1 Å². The largest absolute Gasteiger partial charge is 0.486 e. The fourth-order valence-electron chi connectivity index (χ4n) is 1.76. The molecule has 0 aliphatic carbocycles. The van der Waals surface area contributed by atoms with Crippen molar-refractivity contribution in [1.82, 2.24) is 0 Å². The normalized spacial score (nSPS) is 16.9. The molecule has 20 heavy (non-hydrogen) atoms. The summed E-state index contributed by atoms with van der Waals surface area (Å²) in [5.74, 6) is 1.49. The topological polar surface area (TPSA) is 76.0 Å². The molecule has 2 rings (SSSR count). The lowest BCUT2D eigenvalue weighted by Gasteiger charge is -2.24. The Hall–Kier alpha value is -1.59. The highest BCUT2D eigenvalue weighted by molar-refractivity contribution is 5.76. The molecule has 1 aliphatic heterocycles. The van der Waals surface area contributed by atoms with E-state index >= 15 is 0 Å². The Morgan fingerprint density at radius 3 is 2.40 bits per heavy atom. The van der Waals surface area contributed by atoms with E-state index in [0.29, 0.717) is 12.4 Å². The fourth-order valence-corrected chi connectivity index (χ4v) is 1.76. The van der Waals surface area contributed by atoms with E-state index in [1.165, 1.54) is 6.92 Å². The molecule has 0 fully saturated rings. The van der Waals surface area contributed by atoms with Gasteiger partial charge in [-0.25, -0.2) is 0 Å². The molecule has 5 heteroatoms. The van der Waals surface area contributed by atoms with Crippen LogP contribution in [0.5, 0.6) is 11.5 Å². The summed E-state index contributed by atoms with van der Waals surface area (Å²) in [5.41, 5.74) is -0.828. The van der Waals surface area contributed by atoms with Crippen molar-refractivity contribution in [3.05, 3.63) is 24.3 Å². The fraction of sp³-hybridized carbons (Fsp3) is 0.533. The molecule has 1 atom stereocenters. The van der Waals surface area contributed by atoms with Crippen molar-refractivity contribution in [2.24, 2.45) is 0 Å². The van der Waals surface area contributed by atoms with Gasteiger partial charge in [-0.3, -0.25) is 4.79 Å². The molecule has 0 saturated carbocycles. The molecule has 1 heterocycles. The molecule has 2 N–H and O–H groups in total. The molecule has 1 aromatic rings. The second-order valence-corrected chi connectivity index (χ2v) is 5.37. The average Bonchev–Trinajstić information content (AvgIpc) is 2.36. The van der Waals surface area contributed by atoms with Gasteiger partial charge in [0.05, 0.1) is 12.2 Å². The van der Waals surface area contributed by atoms with Gasteiger partial charge >= 0.3 is 0 Å². The third-order valence-corrected chi connectivity index (χ3v) is 2.45. The van der Waals surface area contributed by atoms with Crippen LogP contribution in [0.15, 0.2) is 24.3 Å². The number of aliphatic hydroxyl groups is 2. The van der Waals surface area contributed by atoms with E-state index in [1.54, 1.807) is 13.8 Å². The van der Waals surface area contributed by atoms with Crippen molar-refractivity contribution >= 4 is 5.78 Å². The lowest BCUT2D eigenvalue weighted by Crippen LogP contribution is -2.32. The minimum atomic E-state index is -0.828. The number of Topliss-reactive ketones (excluding diaryl/α,β-unsaturated/α-hetero) is 1. The van der Waals surface area contributed by atoms with Gasteiger partial charge in [0, 0.05) is 6.42 Å². The molecule has 5 nitrogen and oxygen atoms in total. The van der Waals surface area contributed by atoms with Crippen LogP contribution in [-0.2, 0) is 4.79 Å². The Balaban J connectivity index is 0.000000221. The third kappa shape index (κ3) is 6.04. The zero-order chi connectivity index (χ0) is 15.2. The van der Waals surface area contributed by atoms with E-state index in [9.17, 15) is 4.79 Å². The van der Waals surface area contributed by atoms with Gasteiger partial charge in [0.2, 0.25) is 0 Å². The number of benzene rings is 1. The SMILES string of the molecule is CC(=O)CC(C)(C)O.OCC1COc2ccccc2O1. The van der Waals surface area contributed by atoms with Gasteiger partial charge in [0.1, 0.15) is 12.4 Å². The van der Waals surface area contributed by atoms with Crippen molar-refractivity contribution in [3.8, 4) is 11.5 Å². The van der Waals surface area contributed by atoms with Crippen LogP contribution < -0.4 is 9.47 Å². The number of aliphatic hydroxyl groups excluding tert-OH is 1. The number of fused-ring (bicyclic) bond motifs is 1. The van der Waals surface area contributed by atoms with Crippen LogP contribution in [0.3, 0.4) is 0 Å². The van der Waals surface area contributed by atoms with Crippen molar-refractivity contribution in [2.75, 3.05) is 13.2 Å². The highest BCUT2D eigenvalue weighted by Gasteiger charge is 2.18. The summed E-state index contributed by atoms with van der Waals surface area (Å²) in [6, 6.07) is 7.45. The van der Waals surface area contributed by atoms with E-state index in [0.717, 1.165) is 5.75 Å². The van der Waals surface area contributed by atoms with E-state index in [4.69, 9.17) is 19.7 Å². The summed E-state index contributed by atoms with van der Waals surface area (Å²) in [7, 11) is 0. The lowest BCUT2D eigenvalue weighted by molar-refractivity contribution is -0.120. The Morgan fingerprint density at radius 2 is 1.95 bits per heavy atom. The van der Waals surface area contributed by atoms with E-state index in [2.05, 4.69) is 0 Å². The highest BCUT2D eigenvalue weighted by atomic mass is 16.6. The Kier molecular flexibility index (Phi) is 5.98. The molecule has 0 radical (unpaired) electrons. The summed E-state index contributed by atoms with van der Waals surface area (Å²) in [5, 5.41) is 17.8. The molecule has 0 bridgehead atoms. The number of ketones is 1. The summed E-state index contributed by atoms with van der Waals surface area (Å²) in [6.07, 6.45) is 0.0207. The molecule has 1 aliphatic rings. The maximum atomic E-state index is 10.3. The molecule has 0 amide bonds. The molecule has 0 aromatic heterocycles. The molecular weight excluding hydrogens is 260 g/mol. The Labute approximate surface area is 119 Å².